The number of hydrogen-bond donors (Lipinski definition) is 1. The molecule has 0 saturated carbocycles. The van der Waals surface area contributed by atoms with E-state index in [1.165, 1.54) is 19.3 Å². The molecule has 3 rings (SSSR count). The molecule has 1 aliphatic rings. The molecule has 2 atom stereocenters. The van der Waals surface area contributed by atoms with Crippen molar-refractivity contribution in [2.75, 3.05) is 6.54 Å². The normalized spacial score (nSPS) is 24.6. The topological polar surface area (TPSA) is 42.7 Å². The zero-order valence-electron chi connectivity index (χ0n) is 11.1. The van der Waals surface area contributed by atoms with Gasteiger partial charge < -0.3 is 9.88 Å². The zero-order valence-corrected chi connectivity index (χ0v) is 11.1. The predicted octanol–water partition coefficient (Wildman–Crippen LogP) is 2.42. The van der Waals surface area contributed by atoms with E-state index < -0.39 is 0 Å². The Labute approximate surface area is 107 Å². The summed E-state index contributed by atoms with van der Waals surface area (Å²) < 4.78 is 2.13. The number of pyridine rings is 1. The summed E-state index contributed by atoms with van der Waals surface area (Å²) >= 11 is 0. The molecule has 0 amide bonds. The molecule has 1 N–H and O–H groups in total. The van der Waals surface area contributed by atoms with Crippen LogP contribution in [0.15, 0.2) is 18.3 Å². The van der Waals surface area contributed by atoms with E-state index in [-0.39, 0.29) is 0 Å². The second-order valence-electron chi connectivity index (χ2n) is 5.18. The standard InChI is InChI=1S/C14H20N4/c1-3-10-6-8-15-12(9-10)14-17-11-5-4-7-16-13(11)18(14)2/h4-5,7,10,12,15H,3,6,8-9H2,1-2H3. The van der Waals surface area contributed by atoms with Crippen molar-refractivity contribution in [3.05, 3.63) is 24.2 Å². The second-order valence-corrected chi connectivity index (χ2v) is 5.18. The van der Waals surface area contributed by atoms with Crippen molar-refractivity contribution in [2.45, 2.75) is 32.2 Å². The molecule has 1 aliphatic heterocycles. The molecule has 0 radical (unpaired) electrons. The molecule has 0 spiro atoms. The van der Waals surface area contributed by atoms with Crippen molar-refractivity contribution >= 4 is 11.2 Å². The third-order valence-electron chi connectivity index (χ3n) is 4.06. The SMILES string of the molecule is CCC1CCNC(c2nc3cccnc3n2C)C1. The third-order valence-corrected chi connectivity index (χ3v) is 4.06. The molecular formula is C14H20N4. The highest BCUT2D eigenvalue weighted by atomic mass is 15.1. The van der Waals surface area contributed by atoms with Crippen molar-refractivity contribution in [1.29, 1.82) is 0 Å². The Morgan fingerprint density at radius 3 is 3.17 bits per heavy atom. The van der Waals surface area contributed by atoms with E-state index in [0.29, 0.717) is 6.04 Å². The Morgan fingerprint density at radius 2 is 2.39 bits per heavy atom. The number of aryl methyl sites for hydroxylation is 1. The smallest absolute Gasteiger partial charge is 0.159 e. The van der Waals surface area contributed by atoms with Gasteiger partial charge in [0.1, 0.15) is 11.3 Å². The van der Waals surface area contributed by atoms with Crippen molar-refractivity contribution in [3.8, 4) is 0 Å². The molecule has 1 saturated heterocycles. The van der Waals surface area contributed by atoms with E-state index in [2.05, 4.69) is 28.8 Å². The van der Waals surface area contributed by atoms with Crippen LogP contribution in [-0.4, -0.2) is 21.1 Å². The summed E-state index contributed by atoms with van der Waals surface area (Å²) in [5.74, 6) is 1.95. The Hall–Kier alpha value is -1.42. The van der Waals surface area contributed by atoms with Gasteiger partial charge in [0, 0.05) is 13.2 Å². The summed E-state index contributed by atoms with van der Waals surface area (Å²) in [5, 5.41) is 3.59. The number of hydrogen-bond acceptors (Lipinski definition) is 3. The highest BCUT2D eigenvalue weighted by molar-refractivity contribution is 5.71. The molecule has 96 valence electrons. The number of nitrogens with zero attached hydrogens (tertiary/aromatic N) is 3. The van der Waals surface area contributed by atoms with Gasteiger partial charge in [-0.3, -0.25) is 0 Å². The molecule has 4 heteroatoms. The Balaban J connectivity index is 1.96. The highest BCUT2D eigenvalue weighted by Gasteiger charge is 2.25. The Bertz CT molecular complexity index is 546. The average Bonchev–Trinajstić information content (AvgIpc) is 2.77. The van der Waals surface area contributed by atoms with Crippen molar-refractivity contribution in [3.63, 3.8) is 0 Å². The summed E-state index contributed by atoms with van der Waals surface area (Å²) in [6.07, 6.45) is 5.57. The average molecular weight is 244 g/mol. The number of aromatic nitrogens is 3. The lowest BCUT2D eigenvalue weighted by molar-refractivity contribution is 0.288. The molecule has 0 aromatic carbocycles. The van der Waals surface area contributed by atoms with Gasteiger partial charge in [-0.05, 0) is 37.4 Å². The van der Waals surface area contributed by atoms with Crippen LogP contribution in [0.3, 0.4) is 0 Å². The van der Waals surface area contributed by atoms with Gasteiger partial charge in [0.2, 0.25) is 0 Å². The molecule has 3 heterocycles. The number of fused-ring (bicyclic) bond motifs is 1. The largest absolute Gasteiger partial charge is 0.315 e. The van der Waals surface area contributed by atoms with E-state index in [4.69, 9.17) is 4.98 Å². The van der Waals surface area contributed by atoms with Crippen molar-refractivity contribution in [2.24, 2.45) is 13.0 Å². The fourth-order valence-electron chi connectivity index (χ4n) is 2.92. The van der Waals surface area contributed by atoms with Crippen LogP contribution >= 0.6 is 0 Å². The lowest BCUT2D eigenvalue weighted by atomic mass is 9.90. The maximum atomic E-state index is 4.74. The predicted molar refractivity (Wildman–Crippen MR) is 72.3 cm³/mol. The van der Waals surface area contributed by atoms with E-state index in [1.54, 1.807) is 0 Å². The summed E-state index contributed by atoms with van der Waals surface area (Å²) in [6.45, 7) is 3.38. The van der Waals surface area contributed by atoms with Crippen LogP contribution in [0.4, 0.5) is 0 Å². The van der Waals surface area contributed by atoms with Gasteiger partial charge in [-0.2, -0.15) is 0 Å². The minimum atomic E-state index is 0.378. The van der Waals surface area contributed by atoms with Gasteiger partial charge in [0.25, 0.3) is 0 Å². The number of nitrogens with one attached hydrogen (secondary N) is 1. The maximum absolute atomic E-state index is 4.74. The number of piperidine rings is 1. The van der Waals surface area contributed by atoms with Crippen LogP contribution in [0.2, 0.25) is 0 Å². The molecule has 2 aromatic heterocycles. The van der Waals surface area contributed by atoms with Crippen molar-refractivity contribution in [1.82, 2.24) is 19.9 Å². The molecular weight excluding hydrogens is 224 g/mol. The van der Waals surface area contributed by atoms with Crippen LogP contribution in [0, 0.1) is 5.92 Å². The van der Waals surface area contributed by atoms with Crippen LogP contribution in [0.1, 0.15) is 38.1 Å². The van der Waals surface area contributed by atoms with E-state index in [1.807, 2.05) is 18.3 Å². The fourth-order valence-corrected chi connectivity index (χ4v) is 2.92. The lowest BCUT2D eigenvalue weighted by Gasteiger charge is -2.29. The van der Waals surface area contributed by atoms with E-state index in [9.17, 15) is 0 Å². The third kappa shape index (κ3) is 1.90. The van der Waals surface area contributed by atoms with E-state index >= 15 is 0 Å². The quantitative estimate of drug-likeness (QED) is 0.882. The maximum Gasteiger partial charge on any atom is 0.159 e. The molecule has 1 fully saturated rings. The molecule has 2 aromatic rings. The molecule has 0 bridgehead atoms. The van der Waals surface area contributed by atoms with Gasteiger partial charge in [-0.1, -0.05) is 13.3 Å². The van der Waals surface area contributed by atoms with Crippen LogP contribution in [0.25, 0.3) is 11.2 Å². The first-order chi connectivity index (χ1) is 8.79. The summed E-state index contributed by atoms with van der Waals surface area (Å²) in [5.41, 5.74) is 1.98. The Morgan fingerprint density at radius 1 is 1.50 bits per heavy atom. The summed E-state index contributed by atoms with van der Waals surface area (Å²) in [6, 6.07) is 4.36. The minimum absolute atomic E-state index is 0.378. The van der Waals surface area contributed by atoms with Gasteiger partial charge in [-0.25, -0.2) is 9.97 Å². The first-order valence-corrected chi connectivity index (χ1v) is 6.80. The van der Waals surface area contributed by atoms with E-state index in [0.717, 1.165) is 29.5 Å². The highest BCUT2D eigenvalue weighted by Crippen LogP contribution is 2.29. The minimum Gasteiger partial charge on any atom is -0.315 e. The molecule has 0 aliphatic carbocycles. The van der Waals surface area contributed by atoms with Gasteiger partial charge in [0.15, 0.2) is 5.65 Å². The zero-order chi connectivity index (χ0) is 12.5. The van der Waals surface area contributed by atoms with Gasteiger partial charge in [0.05, 0.1) is 6.04 Å². The first kappa shape index (κ1) is 11.7. The fraction of sp³-hybridized carbons (Fsp3) is 0.571. The molecule has 18 heavy (non-hydrogen) atoms. The number of imidazole rings is 1. The van der Waals surface area contributed by atoms with Crippen LogP contribution in [-0.2, 0) is 7.05 Å². The van der Waals surface area contributed by atoms with Crippen molar-refractivity contribution < 1.29 is 0 Å². The van der Waals surface area contributed by atoms with Crippen LogP contribution in [0.5, 0.6) is 0 Å². The first-order valence-electron chi connectivity index (χ1n) is 6.80. The van der Waals surface area contributed by atoms with Gasteiger partial charge in [-0.15, -0.1) is 0 Å². The molecule has 4 nitrogen and oxygen atoms in total. The summed E-state index contributed by atoms with van der Waals surface area (Å²) in [4.78, 5) is 9.15. The monoisotopic (exact) mass is 244 g/mol. The summed E-state index contributed by atoms with van der Waals surface area (Å²) in [7, 11) is 2.06. The Kier molecular flexibility index (Phi) is 3.04. The lowest BCUT2D eigenvalue weighted by Crippen LogP contribution is -2.33. The van der Waals surface area contributed by atoms with Gasteiger partial charge >= 0.3 is 0 Å². The second kappa shape index (κ2) is 4.69. The number of rotatable bonds is 2. The van der Waals surface area contributed by atoms with Crippen LogP contribution < -0.4 is 5.32 Å². The molecule has 2 unspecified atom stereocenters.